The smallest absolute Gasteiger partial charge is 0.328 e. The minimum atomic E-state index is -0.415. The van der Waals surface area contributed by atoms with Crippen LogP contribution in [0.25, 0.3) is 10.9 Å². The minimum Gasteiger partial charge on any atom is -0.356 e. The molecule has 0 unspecified atom stereocenters. The molecule has 5 rings (SSSR count). The lowest BCUT2D eigenvalue weighted by atomic mass is 9.91. The van der Waals surface area contributed by atoms with Crippen molar-refractivity contribution in [1.29, 1.82) is 0 Å². The van der Waals surface area contributed by atoms with Crippen molar-refractivity contribution >= 4 is 34.2 Å². The summed E-state index contributed by atoms with van der Waals surface area (Å²) in [7, 11) is 0. The van der Waals surface area contributed by atoms with Crippen molar-refractivity contribution in [1.82, 2.24) is 14.8 Å². The average Bonchev–Trinajstić information content (AvgIpc) is 3.36. The fourth-order valence-corrected chi connectivity index (χ4v) is 5.51. The quantitative estimate of drug-likeness (QED) is 0.697. The van der Waals surface area contributed by atoms with Crippen LogP contribution in [0.4, 0.5) is 4.79 Å². The minimum absolute atomic E-state index is 0.0734. The molecule has 0 saturated carbocycles. The zero-order valence-electron chi connectivity index (χ0n) is 15.4. The highest BCUT2D eigenvalue weighted by molar-refractivity contribution is 7.12. The van der Waals surface area contributed by atoms with Gasteiger partial charge < -0.3 is 4.98 Å². The third-order valence-electron chi connectivity index (χ3n) is 5.75. The molecule has 1 N–H and O–H groups in total. The van der Waals surface area contributed by atoms with E-state index in [1.54, 1.807) is 16.2 Å². The fourth-order valence-electron chi connectivity index (χ4n) is 4.45. The lowest BCUT2D eigenvalue weighted by Crippen LogP contribution is -2.43. The number of urea groups is 1. The van der Waals surface area contributed by atoms with Gasteiger partial charge in [-0.2, -0.15) is 0 Å². The lowest BCUT2D eigenvalue weighted by Gasteiger charge is -2.35. The van der Waals surface area contributed by atoms with Gasteiger partial charge in [0.2, 0.25) is 0 Å². The normalized spacial score (nSPS) is 21.9. The Labute approximate surface area is 161 Å². The molecule has 2 aliphatic rings. The Hall–Kier alpha value is -2.60. The number of aromatic nitrogens is 1. The first-order chi connectivity index (χ1) is 13.1. The number of nitrogens with one attached hydrogen (secondary N) is 1. The summed E-state index contributed by atoms with van der Waals surface area (Å²) in [6.07, 6.45) is 1.54. The number of benzene rings is 1. The van der Waals surface area contributed by atoms with Crippen LogP contribution < -0.4 is 0 Å². The SMILES string of the molecule is CCc1ccc([C@@H]2c3[nH]c4ccccc4c3C[C@@H]3C(=O)N(CC)C(=O)N23)s1. The second-order valence-corrected chi connectivity index (χ2v) is 8.32. The highest BCUT2D eigenvalue weighted by Crippen LogP contribution is 2.45. The lowest BCUT2D eigenvalue weighted by molar-refractivity contribution is -0.128. The number of nitrogens with zero attached hydrogens (tertiary/aromatic N) is 2. The van der Waals surface area contributed by atoms with E-state index in [0.717, 1.165) is 27.9 Å². The summed E-state index contributed by atoms with van der Waals surface area (Å²) in [5.41, 5.74) is 3.28. The number of likely N-dealkylation sites (N-methyl/N-ethyl adjacent to an activating group) is 1. The summed E-state index contributed by atoms with van der Waals surface area (Å²) < 4.78 is 0. The van der Waals surface area contributed by atoms with E-state index < -0.39 is 6.04 Å². The number of imide groups is 1. The molecule has 27 heavy (non-hydrogen) atoms. The second kappa shape index (κ2) is 5.96. The van der Waals surface area contributed by atoms with Crippen LogP contribution in [0.2, 0.25) is 0 Å². The van der Waals surface area contributed by atoms with Crippen molar-refractivity contribution in [3.8, 4) is 0 Å². The van der Waals surface area contributed by atoms with E-state index in [1.807, 2.05) is 19.1 Å². The number of rotatable bonds is 3. The van der Waals surface area contributed by atoms with Gasteiger partial charge in [0.1, 0.15) is 12.1 Å². The Kier molecular flexibility index (Phi) is 3.65. The fraction of sp³-hybridized carbons (Fsp3) is 0.333. The van der Waals surface area contributed by atoms with E-state index in [1.165, 1.54) is 15.3 Å². The van der Waals surface area contributed by atoms with E-state index in [2.05, 4.69) is 36.2 Å². The molecule has 0 spiro atoms. The Morgan fingerprint density at radius 2 is 1.96 bits per heavy atom. The van der Waals surface area contributed by atoms with Gasteiger partial charge in [0.25, 0.3) is 5.91 Å². The summed E-state index contributed by atoms with van der Waals surface area (Å²) in [6.45, 7) is 4.41. The van der Waals surface area contributed by atoms with E-state index in [0.29, 0.717) is 13.0 Å². The highest BCUT2D eigenvalue weighted by Gasteiger charge is 2.52. The van der Waals surface area contributed by atoms with Gasteiger partial charge in [-0.05, 0) is 37.1 Å². The predicted molar refractivity (Wildman–Crippen MR) is 106 cm³/mol. The number of hydrogen-bond donors (Lipinski definition) is 1. The maximum absolute atomic E-state index is 13.1. The third-order valence-corrected chi connectivity index (χ3v) is 7.03. The summed E-state index contributed by atoms with van der Waals surface area (Å²) in [4.78, 5) is 35.2. The van der Waals surface area contributed by atoms with Gasteiger partial charge in [0, 0.05) is 39.3 Å². The molecule has 2 aliphatic heterocycles. The molecule has 1 fully saturated rings. The summed E-state index contributed by atoms with van der Waals surface area (Å²) in [6, 6.07) is 11.6. The number of fused-ring (bicyclic) bond motifs is 4. The van der Waals surface area contributed by atoms with Gasteiger partial charge in [-0.15, -0.1) is 11.3 Å². The number of carbonyl (C=O) groups is 2. The zero-order valence-corrected chi connectivity index (χ0v) is 16.2. The van der Waals surface area contributed by atoms with E-state index >= 15 is 0 Å². The molecule has 0 bridgehead atoms. The van der Waals surface area contributed by atoms with Gasteiger partial charge >= 0.3 is 6.03 Å². The molecule has 2 atom stereocenters. The second-order valence-electron chi connectivity index (χ2n) is 7.12. The van der Waals surface area contributed by atoms with Gasteiger partial charge in [-0.3, -0.25) is 14.6 Å². The third kappa shape index (κ3) is 2.22. The van der Waals surface area contributed by atoms with Crippen LogP contribution in [0, 0.1) is 0 Å². The molecule has 5 nitrogen and oxygen atoms in total. The van der Waals surface area contributed by atoms with Crippen LogP contribution in [0.15, 0.2) is 36.4 Å². The Bertz CT molecular complexity index is 1070. The predicted octanol–water partition coefficient (Wildman–Crippen LogP) is 4.09. The number of aromatic amines is 1. The summed E-state index contributed by atoms with van der Waals surface area (Å²) in [5.74, 6) is -0.0734. The Morgan fingerprint density at radius 3 is 2.70 bits per heavy atom. The van der Waals surface area contributed by atoms with Crippen LogP contribution >= 0.6 is 11.3 Å². The highest BCUT2D eigenvalue weighted by atomic mass is 32.1. The van der Waals surface area contributed by atoms with Crippen LogP contribution in [0.5, 0.6) is 0 Å². The molecule has 138 valence electrons. The van der Waals surface area contributed by atoms with E-state index in [-0.39, 0.29) is 18.0 Å². The van der Waals surface area contributed by atoms with Crippen molar-refractivity contribution < 1.29 is 9.59 Å². The molecular formula is C21H21N3O2S. The maximum Gasteiger partial charge on any atom is 0.328 e. The molecule has 3 amide bonds. The molecule has 0 radical (unpaired) electrons. The van der Waals surface area contributed by atoms with E-state index in [4.69, 9.17) is 0 Å². The maximum atomic E-state index is 13.1. The first-order valence-electron chi connectivity index (χ1n) is 9.45. The summed E-state index contributed by atoms with van der Waals surface area (Å²) >= 11 is 1.73. The van der Waals surface area contributed by atoms with Crippen molar-refractivity contribution in [2.45, 2.75) is 38.8 Å². The van der Waals surface area contributed by atoms with Gasteiger partial charge in [0.15, 0.2) is 0 Å². The number of carbonyl (C=O) groups excluding carboxylic acids is 2. The monoisotopic (exact) mass is 379 g/mol. The van der Waals surface area contributed by atoms with Gasteiger partial charge in [-0.1, -0.05) is 25.1 Å². The number of para-hydroxylation sites is 1. The molecule has 6 heteroatoms. The largest absolute Gasteiger partial charge is 0.356 e. The zero-order chi connectivity index (χ0) is 18.7. The van der Waals surface area contributed by atoms with Crippen molar-refractivity contribution in [2.75, 3.05) is 6.54 Å². The van der Waals surface area contributed by atoms with Gasteiger partial charge in [0.05, 0.1) is 0 Å². The average molecular weight is 379 g/mol. The first kappa shape index (κ1) is 16.6. The molecule has 1 saturated heterocycles. The molecule has 3 aromatic rings. The van der Waals surface area contributed by atoms with Crippen LogP contribution in [-0.2, 0) is 17.6 Å². The molecule has 0 aliphatic carbocycles. The topological polar surface area (TPSA) is 56.4 Å². The Balaban J connectivity index is 1.74. The number of amides is 3. The Morgan fingerprint density at radius 1 is 1.15 bits per heavy atom. The first-order valence-corrected chi connectivity index (χ1v) is 10.3. The number of aryl methyl sites for hydroxylation is 1. The number of hydrogen-bond acceptors (Lipinski definition) is 3. The number of thiophene rings is 1. The van der Waals surface area contributed by atoms with E-state index in [9.17, 15) is 9.59 Å². The van der Waals surface area contributed by atoms with Crippen LogP contribution in [0.3, 0.4) is 0 Å². The van der Waals surface area contributed by atoms with Crippen LogP contribution in [-0.4, -0.2) is 39.3 Å². The van der Waals surface area contributed by atoms with Crippen molar-refractivity contribution in [3.63, 3.8) is 0 Å². The summed E-state index contributed by atoms with van der Waals surface area (Å²) in [5, 5.41) is 1.15. The molecular weight excluding hydrogens is 358 g/mol. The molecule has 2 aromatic heterocycles. The molecule has 1 aromatic carbocycles. The number of H-pyrrole nitrogens is 1. The molecule has 4 heterocycles. The van der Waals surface area contributed by atoms with Crippen molar-refractivity contribution in [2.24, 2.45) is 0 Å². The van der Waals surface area contributed by atoms with Gasteiger partial charge in [-0.25, -0.2) is 4.79 Å². The van der Waals surface area contributed by atoms with Crippen molar-refractivity contribution in [3.05, 3.63) is 57.4 Å². The van der Waals surface area contributed by atoms with Crippen LogP contribution in [0.1, 0.15) is 40.9 Å². The standard InChI is InChI=1S/C21H21N3O2S/c1-3-12-9-10-17(27-12)19-18-14(13-7-5-6-8-15(13)22-18)11-16-20(25)23(4-2)21(26)24(16)19/h5-10,16,19,22H,3-4,11H2,1-2H3/t16-,19-/m1/s1.